The minimum atomic E-state index is -1.13. The van der Waals surface area contributed by atoms with Crippen LogP contribution in [0.1, 0.15) is 40.3 Å². The minimum absolute atomic E-state index is 0.205. The Morgan fingerprint density at radius 1 is 0.966 bits per heavy atom. The van der Waals surface area contributed by atoms with Crippen molar-refractivity contribution < 1.29 is 19.1 Å². The zero-order valence-corrected chi connectivity index (χ0v) is 16.5. The zero-order valence-electron chi connectivity index (χ0n) is 16.5. The van der Waals surface area contributed by atoms with Crippen LogP contribution in [-0.4, -0.2) is 37.9 Å². The van der Waals surface area contributed by atoms with Gasteiger partial charge in [-0.25, -0.2) is 9.59 Å². The van der Waals surface area contributed by atoms with E-state index in [2.05, 4.69) is 0 Å². The first kappa shape index (κ1) is 20.2. The number of ether oxygens (including phenoxy) is 1. The fourth-order valence-corrected chi connectivity index (χ4v) is 3.28. The Morgan fingerprint density at radius 3 is 2.03 bits per heavy atom. The van der Waals surface area contributed by atoms with E-state index in [1.54, 1.807) is 26.0 Å². The van der Waals surface area contributed by atoms with Gasteiger partial charge in [0, 0.05) is 20.2 Å². The van der Waals surface area contributed by atoms with E-state index in [4.69, 9.17) is 4.74 Å². The largest absolute Gasteiger partial charge is 0.458 e. The summed E-state index contributed by atoms with van der Waals surface area (Å²) in [6, 6.07) is 6.42. The van der Waals surface area contributed by atoms with Crippen molar-refractivity contribution in [3.05, 3.63) is 68.0 Å². The number of carbonyl (C=O) groups excluding carboxylic acids is 3. The quantitative estimate of drug-likeness (QED) is 0.534. The van der Waals surface area contributed by atoms with E-state index in [0.717, 1.165) is 9.47 Å². The summed E-state index contributed by atoms with van der Waals surface area (Å²) in [5.74, 6) is -2.30. The summed E-state index contributed by atoms with van der Waals surface area (Å²) in [6.45, 7) is 3.06. The SMILES string of the molecule is CC(C)[C@H](C(=O)OCc1cc(=O)n(C)c(=O)n1C)N1C(=O)c2ccccc2C1=O. The van der Waals surface area contributed by atoms with Gasteiger partial charge in [-0.05, 0) is 18.1 Å². The number of nitrogens with zero attached hydrogens (tertiary/aromatic N) is 3. The molecule has 0 unspecified atom stereocenters. The molecule has 0 saturated carbocycles. The smallest absolute Gasteiger partial charge is 0.330 e. The van der Waals surface area contributed by atoms with Crippen molar-refractivity contribution in [3.63, 3.8) is 0 Å². The first-order valence-corrected chi connectivity index (χ1v) is 9.04. The number of rotatable bonds is 5. The second-order valence-electron chi connectivity index (χ2n) is 7.20. The molecule has 9 heteroatoms. The lowest BCUT2D eigenvalue weighted by Crippen LogP contribution is -2.48. The Hall–Kier alpha value is -3.49. The summed E-state index contributed by atoms with van der Waals surface area (Å²) in [6.07, 6.45) is 0. The van der Waals surface area contributed by atoms with Crippen molar-refractivity contribution in [1.29, 1.82) is 0 Å². The Labute approximate surface area is 166 Å². The molecule has 29 heavy (non-hydrogen) atoms. The molecule has 0 bridgehead atoms. The van der Waals surface area contributed by atoms with Gasteiger partial charge in [-0.1, -0.05) is 26.0 Å². The van der Waals surface area contributed by atoms with E-state index in [9.17, 15) is 24.0 Å². The summed E-state index contributed by atoms with van der Waals surface area (Å²) in [5.41, 5.74) is -0.393. The number of amides is 2. The Balaban J connectivity index is 1.86. The number of fused-ring (bicyclic) bond motifs is 1. The lowest BCUT2D eigenvalue weighted by Gasteiger charge is -2.27. The van der Waals surface area contributed by atoms with Crippen molar-refractivity contribution >= 4 is 17.8 Å². The molecule has 0 N–H and O–H groups in total. The average molecular weight is 399 g/mol. The fourth-order valence-electron chi connectivity index (χ4n) is 3.28. The molecule has 3 rings (SSSR count). The van der Waals surface area contributed by atoms with Crippen LogP contribution in [0, 0.1) is 5.92 Å². The van der Waals surface area contributed by atoms with Crippen LogP contribution >= 0.6 is 0 Å². The predicted molar refractivity (Wildman–Crippen MR) is 102 cm³/mol. The molecule has 1 aliphatic heterocycles. The Morgan fingerprint density at radius 2 is 1.52 bits per heavy atom. The van der Waals surface area contributed by atoms with Crippen LogP contribution in [0.3, 0.4) is 0 Å². The summed E-state index contributed by atoms with van der Waals surface area (Å²) >= 11 is 0. The highest BCUT2D eigenvalue weighted by Crippen LogP contribution is 2.27. The molecule has 2 aromatic rings. The number of hydrogen-bond acceptors (Lipinski definition) is 6. The summed E-state index contributed by atoms with van der Waals surface area (Å²) in [7, 11) is 2.80. The molecule has 0 spiro atoms. The van der Waals surface area contributed by atoms with Crippen molar-refractivity contribution in [2.24, 2.45) is 20.0 Å². The average Bonchev–Trinajstić information content (AvgIpc) is 2.93. The maximum atomic E-state index is 12.8. The van der Waals surface area contributed by atoms with E-state index in [1.807, 2.05) is 0 Å². The number of hydrogen-bond donors (Lipinski definition) is 0. The van der Waals surface area contributed by atoms with Gasteiger partial charge in [-0.2, -0.15) is 0 Å². The highest BCUT2D eigenvalue weighted by molar-refractivity contribution is 6.22. The molecule has 0 saturated heterocycles. The molecule has 9 nitrogen and oxygen atoms in total. The van der Waals surface area contributed by atoms with Crippen LogP contribution in [0.25, 0.3) is 0 Å². The number of benzene rings is 1. The number of carbonyl (C=O) groups is 3. The van der Waals surface area contributed by atoms with Gasteiger partial charge in [0.05, 0.1) is 16.8 Å². The first-order chi connectivity index (χ1) is 13.6. The Bertz CT molecular complexity index is 1090. The third-order valence-electron chi connectivity index (χ3n) is 4.96. The molecule has 152 valence electrons. The van der Waals surface area contributed by atoms with Crippen LogP contribution < -0.4 is 11.2 Å². The molecule has 1 atom stereocenters. The van der Waals surface area contributed by atoms with Gasteiger partial charge in [0.1, 0.15) is 12.6 Å². The van der Waals surface area contributed by atoms with Crippen molar-refractivity contribution in [3.8, 4) is 0 Å². The van der Waals surface area contributed by atoms with Crippen LogP contribution in [0.2, 0.25) is 0 Å². The number of imide groups is 1. The molecular weight excluding hydrogens is 378 g/mol. The van der Waals surface area contributed by atoms with E-state index < -0.39 is 41.0 Å². The third-order valence-corrected chi connectivity index (χ3v) is 4.96. The van der Waals surface area contributed by atoms with Crippen LogP contribution in [0.4, 0.5) is 0 Å². The summed E-state index contributed by atoms with van der Waals surface area (Å²) in [5, 5.41) is 0. The van der Waals surface area contributed by atoms with E-state index in [-0.39, 0.29) is 23.4 Å². The predicted octanol–water partition coefficient (Wildman–Crippen LogP) is 0.448. The van der Waals surface area contributed by atoms with Crippen molar-refractivity contribution in [2.75, 3.05) is 0 Å². The maximum Gasteiger partial charge on any atom is 0.330 e. The highest BCUT2D eigenvalue weighted by atomic mass is 16.5. The molecule has 0 radical (unpaired) electrons. The summed E-state index contributed by atoms with van der Waals surface area (Å²) < 4.78 is 7.42. The van der Waals surface area contributed by atoms with E-state index in [0.29, 0.717) is 0 Å². The highest BCUT2D eigenvalue weighted by Gasteiger charge is 2.44. The molecule has 1 aliphatic rings. The van der Waals surface area contributed by atoms with Crippen molar-refractivity contribution in [2.45, 2.75) is 26.5 Å². The molecule has 2 heterocycles. The van der Waals surface area contributed by atoms with Gasteiger partial charge in [0.25, 0.3) is 17.4 Å². The fraction of sp³-hybridized carbons (Fsp3) is 0.350. The van der Waals surface area contributed by atoms with E-state index >= 15 is 0 Å². The van der Waals surface area contributed by atoms with Gasteiger partial charge >= 0.3 is 11.7 Å². The van der Waals surface area contributed by atoms with Gasteiger partial charge in [-0.3, -0.25) is 28.4 Å². The monoisotopic (exact) mass is 399 g/mol. The van der Waals surface area contributed by atoms with Crippen molar-refractivity contribution in [1.82, 2.24) is 14.0 Å². The van der Waals surface area contributed by atoms with Crippen LogP contribution in [-0.2, 0) is 30.2 Å². The van der Waals surface area contributed by atoms with Gasteiger partial charge in [-0.15, -0.1) is 0 Å². The number of esters is 1. The van der Waals surface area contributed by atoms with Gasteiger partial charge in [0.15, 0.2) is 0 Å². The molecular formula is C20H21N3O6. The first-order valence-electron chi connectivity index (χ1n) is 9.04. The maximum absolute atomic E-state index is 12.8. The summed E-state index contributed by atoms with van der Waals surface area (Å²) in [4.78, 5) is 63.0. The molecule has 0 fully saturated rings. The van der Waals surface area contributed by atoms with Crippen LogP contribution in [0.5, 0.6) is 0 Å². The van der Waals surface area contributed by atoms with E-state index in [1.165, 1.54) is 36.9 Å². The molecule has 0 aliphatic carbocycles. The normalized spacial score (nSPS) is 14.3. The zero-order chi connectivity index (χ0) is 21.5. The molecule has 2 amide bonds. The number of aromatic nitrogens is 2. The molecule has 1 aromatic heterocycles. The Kier molecular flexibility index (Phi) is 5.23. The van der Waals surface area contributed by atoms with Crippen LogP contribution in [0.15, 0.2) is 39.9 Å². The lowest BCUT2D eigenvalue weighted by molar-refractivity contribution is -0.151. The third kappa shape index (κ3) is 3.39. The standard InChI is InChI=1S/C20H21N3O6/c1-11(2)16(23-17(25)13-7-5-6-8-14(13)18(23)26)19(27)29-10-12-9-15(24)22(4)20(28)21(12)3/h5-9,11,16H,10H2,1-4H3/t16-/m1/s1. The lowest BCUT2D eigenvalue weighted by atomic mass is 10.0. The topological polar surface area (TPSA) is 108 Å². The van der Waals surface area contributed by atoms with Gasteiger partial charge in [0.2, 0.25) is 0 Å². The molecule has 1 aromatic carbocycles. The minimum Gasteiger partial charge on any atom is -0.458 e. The second kappa shape index (κ2) is 7.50. The second-order valence-corrected chi connectivity index (χ2v) is 7.20. The van der Waals surface area contributed by atoms with Gasteiger partial charge < -0.3 is 4.74 Å².